The number of aryl methyl sites for hydroxylation is 2. The minimum absolute atomic E-state index is 0.244. The van der Waals surface area contributed by atoms with Crippen molar-refractivity contribution in [2.75, 3.05) is 0 Å². The summed E-state index contributed by atoms with van der Waals surface area (Å²) in [6, 6.07) is 14.5. The van der Waals surface area contributed by atoms with E-state index in [0.717, 1.165) is 21.9 Å². The van der Waals surface area contributed by atoms with Crippen LogP contribution in [0.4, 0.5) is 11.4 Å². The predicted molar refractivity (Wildman–Crippen MR) is 113 cm³/mol. The van der Waals surface area contributed by atoms with Crippen molar-refractivity contribution in [3.05, 3.63) is 83.9 Å². The summed E-state index contributed by atoms with van der Waals surface area (Å²) in [5.74, 6) is -0.0359. The molecule has 0 radical (unpaired) electrons. The van der Waals surface area contributed by atoms with E-state index in [1.54, 1.807) is 38.1 Å². The molecule has 148 valence electrons. The first-order valence-electron chi connectivity index (χ1n) is 9.23. The van der Waals surface area contributed by atoms with Crippen LogP contribution in [0.15, 0.2) is 77.5 Å². The third kappa shape index (κ3) is 4.00. The van der Waals surface area contributed by atoms with Crippen LogP contribution in [0.5, 0.6) is 11.5 Å². The van der Waals surface area contributed by atoms with E-state index in [-0.39, 0.29) is 11.5 Å². The largest absolute Gasteiger partial charge is 0.507 e. The molecule has 3 aromatic carbocycles. The summed E-state index contributed by atoms with van der Waals surface area (Å²) in [5.41, 5.74) is 2.92. The van der Waals surface area contributed by atoms with Gasteiger partial charge in [0.05, 0.1) is 29.3 Å². The molecule has 1 aromatic heterocycles. The fourth-order valence-corrected chi connectivity index (χ4v) is 3.10. The van der Waals surface area contributed by atoms with Crippen LogP contribution in [0.3, 0.4) is 0 Å². The highest BCUT2D eigenvalue weighted by Crippen LogP contribution is 2.32. The van der Waals surface area contributed by atoms with E-state index in [1.807, 2.05) is 24.3 Å². The van der Waals surface area contributed by atoms with E-state index in [2.05, 4.69) is 20.2 Å². The number of ether oxygens (including phenoxy) is 1. The van der Waals surface area contributed by atoms with Crippen LogP contribution in [0.25, 0.3) is 10.8 Å². The Morgan fingerprint density at radius 2 is 1.67 bits per heavy atom. The van der Waals surface area contributed by atoms with Gasteiger partial charge in [-0.3, -0.25) is 0 Å². The van der Waals surface area contributed by atoms with Gasteiger partial charge in [0.2, 0.25) is 0 Å². The normalized spacial score (nSPS) is 11.1. The van der Waals surface area contributed by atoms with Gasteiger partial charge in [-0.1, -0.05) is 24.3 Å². The van der Waals surface area contributed by atoms with Gasteiger partial charge in [-0.2, -0.15) is 5.11 Å². The number of nitrogens with zero attached hydrogens (tertiary/aromatic N) is 4. The average Bonchev–Trinajstić information content (AvgIpc) is 2.76. The number of phenols is 1. The monoisotopic (exact) mass is 398 g/mol. The molecule has 7 nitrogen and oxygen atoms in total. The summed E-state index contributed by atoms with van der Waals surface area (Å²) >= 11 is 0. The number of phenolic OH excluding ortho intramolecular Hbond substituents is 1. The maximum atomic E-state index is 12.6. The molecule has 1 heterocycles. The summed E-state index contributed by atoms with van der Waals surface area (Å²) in [5, 5.41) is 20.3. The molecule has 0 saturated heterocycles. The number of hydrogen-bond acceptors (Lipinski definition) is 7. The molecule has 1 N–H and O–H groups in total. The molecule has 0 atom stereocenters. The van der Waals surface area contributed by atoms with Crippen LogP contribution < -0.4 is 4.74 Å². The minimum Gasteiger partial charge on any atom is -0.507 e. The van der Waals surface area contributed by atoms with E-state index < -0.39 is 5.97 Å². The van der Waals surface area contributed by atoms with Crippen molar-refractivity contribution in [1.82, 2.24) is 9.97 Å². The van der Waals surface area contributed by atoms with Gasteiger partial charge >= 0.3 is 5.97 Å². The fraction of sp³-hybridized carbons (Fsp3) is 0.0870. The molecule has 7 heteroatoms. The molecule has 30 heavy (non-hydrogen) atoms. The van der Waals surface area contributed by atoms with Crippen molar-refractivity contribution in [3.8, 4) is 11.5 Å². The lowest BCUT2D eigenvalue weighted by Crippen LogP contribution is -2.08. The molecule has 0 aliphatic carbocycles. The molecular formula is C23H18N4O3. The number of carbonyl (C=O) groups is 1. The maximum absolute atomic E-state index is 12.6. The quantitative estimate of drug-likeness (QED) is 0.357. The smallest absolute Gasteiger partial charge is 0.343 e. The third-order valence-corrected chi connectivity index (χ3v) is 4.57. The molecular weight excluding hydrogens is 380 g/mol. The maximum Gasteiger partial charge on any atom is 0.343 e. The lowest BCUT2D eigenvalue weighted by Gasteiger charge is -2.07. The van der Waals surface area contributed by atoms with Crippen LogP contribution in [-0.4, -0.2) is 21.0 Å². The Labute approximate surface area is 172 Å². The topological polar surface area (TPSA) is 97.0 Å². The molecule has 0 aliphatic heterocycles. The zero-order valence-corrected chi connectivity index (χ0v) is 16.4. The molecule has 0 amide bonds. The molecule has 0 spiro atoms. The summed E-state index contributed by atoms with van der Waals surface area (Å²) < 4.78 is 5.35. The van der Waals surface area contributed by atoms with Crippen molar-refractivity contribution >= 4 is 28.1 Å². The summed E-state index contributed by atoms with van der Waals surface area (Å²) in [7, 11) is 0. The number of aromatic hydroxyl groups is 1. The summed E-state index contributed by atoms with van der Waals surface area (Å²) in [6.45, 7) is 3.61. The van der Waals surface area contributed by atoms with Gasteiger partial charge in [-0.15, -0.1) is 5.11 Å². The Balaban J connectivity index is 1.73. The zero-order valence-electron chi connectivity index (χ0n) is 16.4. The highest BCUT2D eigenvalue weighted by atomic mass is 16.5. The second kappa shape index (κ2) is 8.08. The highest BCUT2D eigenvalue weighted by molar-refractivity contribution is 6.01. The van der Waals surface area contributed by atoms with Gasteiger partial charge in [-0.05, 0) is 54.6 Å². The number of hydrogen-bond donors (Lipinski definition) is 1. The summed E-state index contributed by atoms with van der Waals surface area (Å²) in [6.07, 6.45) is 4.20. The van der Waals surface area contributed by atoms with Gasteiger partial charge in [0.1, 0.15) is 12.1 Å². The van der Waals surface area contributed by atoms with Gasteiger partial charge in [0.15, 0.2) is 5.75 Å². The van der Waals surface area contributed by atoms with Crippen LogP contribution in [0.1, 0.15) is 21.5 Å². The Morgan fingerprint density at radius 1 is 0.967 bits per heavy atom. The molecule has 0 saturated carbocycles. The number of fused-ring (bicyclic) bond motifs is 1. The van der Waals surface area contributed by atoms with Gasteiger partial charge < -0.3 is 9.84 Å². The lowest BCUT2D eigenvalue weighted by molar-refractivity contribution is 0.0733. The number of aromatic nitrogens is 2. The number of azo groups is 1. The zero-order chi connectivity index (χ0) is 21.1. The van der Waals surface area contributed by atoms with E-state index >= 15 is 0 Å². The van der Waals surface area contributed by atoms with Crippen LogP contribution >= 0.6 is 0 Å². The Morgan fingerprint density at radius 3 is 2.40 bits per heavy atom. The number of rotatable bonds is 4. The minimum atomic E-state index is -0.539. The van der Waals surface area contributed by atoms with Crippen molar-refractivity contribution in [3.63, 3.8) is 0 Å². The van der Waals surface area contributed by atoms with E-state index in [0.29, 0.717) is 16.9 Å². The molecule has 0 fully saturated rings. The van der Waals surface area contributed by atoms with E-state index in [9.17, 15) is 9.90 Å². The number of carbonyl (C=O) groups excluding carboxylic acids is 1. The molecule has 4 rings (SSSR count). The van der Waals surface area contributed by atoms with Gasteiger partial charge in [-0.25, -0.2) is 14.8 Å². The molecule has 0 unspecified atom stereocenters. The number of benzene rings is 3. The van der Waals surface area contributed by atoms with Gasteiger partial charge in [0, 0.05) is 5.39 Å². The van der Waals surface area contributed by atoms with Crippen LogP contribution in [-0.2, 0) is 0 Å². The Hall–Kier alpha value is -4.13. The Kier molecular flexibility index (Phi) is 5.17. The second-order valence-corrected chi connectivity index (χ2v) is 6.81. The highest BCUT2D eigenvalue weighted by Gasteiger charge is 2.13. The molecule has 0 aliphatic rings. The fourth-order valence-electron chi connectivity index (χ4n) is 3.10. The first kappa shape index (κ1) is 19.2. The first-order valence-corrected chi connectivity index (χ1v) is 9.23. The average molecular weight is 398 g/mol. The second-order valence-electron chi connectivity index (χ2n) is 6.81. The molecule has 0 bridgehead atoms. The SMILES string of the molecule is Cc1cc(N=Nc2cc(C(=O)Oc3cncnc3)cc3ccccc23)cc(C)c1O. The first-order chi connectivity index (χ1) is 14.5. The lowest BCUT2D eigenvalue weighted by atomic mass is 10.1. The van der Waals surface area contributed by atoms with Crippen molar-refractivity contribution in [2.24, 2.45) is 10.2 Å². The third-order valence-electron chi connectivity index (χ3n) is 4.57. The van der Waals surface area contributed by atoms with E-state index in [1.165, 1.54) is 18.7 Å². The number of esters is 1. The van der Waals surface area contributed by atoms with Gasteiger partial charge in [0.25, 0.3) is 0 Å². The van der Waals surface area contributed by atoms with E-state index in [4.69, 9.17) is 4.74 Å². The van der Waals surface area contributed by atoms with Crippen molar-refractivity contribution in [2.45, 2.75) is 13.8 Å². The standard InChI is InChI=1S/C23H18N4O3/c1-14-7-18(8-15(2)22(14)28)26-27-21-10-17(9-16-5-3-4-6-20(16)21)23(29)30-19-11-24-13-25-12-19/h3-13,28H,1-2H3. The summed E-state index contributed by atoms with van der Waals surface area (Å²) in [4.78, 5) is 20.3. The van der Waals surface area contributed by atoms with Crippen LogP contribution in [0.2, 0.25) is 0 Å². The van der Waals surface area contributed by atoms with Crippen molar-refractivity contribution in [1.29, 1.82) is 0 Å². The van der Waals surface area contributed by atoms with Crippen LogP contribution in [0, 0.1) is 13.8 Å². The molecule has 4 aromatic rings. The van der Waals surface area contributed by atoms with Crippen molar-refractivity contribution < 1.29 is 14.6 Å². The Bertz CT molecular complexity index is 1250. The predicted octanol–water partition coefficient (Wildman–Crippen LogP) is 5.59.